The molecule has 1 aromatic heterocycles. The zero-order valence-electron chi connectivity index (χ0n) is 12.8. The van der Waals surface area contributed by atoms with Gasteiger partial charge in [0.25, 0.3) is 10.0 Å². The summed E-state index contributed by atoms with van der Waals surface area (Å²) in [6, 6.07) is 2.50. The molecule has 1 amide bonds. The molecule has 3 aliphatic rings. The van der Waals surface area contributed by atoms with Gasteiger partial charge in [-0.25, -0.2) is 17.9 Å². The molecule has 2 bridgehead atoms. The lowest BCUT2D eigenvalue weighted by Crippen LogP contribution is -2.55. The topological polar surface area (TPSA) is 88.9 Å². The Hall–Kier alpha value is -1.54. The maximum Gasteiger partial charge on any atom is 0.410 e. The van der Waals surface area contributed by atoms with Gasteiger partial charge in [0.15, 0.2) is 0 Å². The van der Waals surface area contributed by atoms with Crippen LogP contribution in [0.5, 0.6) is 0 Å². The highest BCUT2D eigenvalue weighted by Crippen LogP contribution is 2.42. The molecule has 2 aliphatic heterocycles. The van der Waals surface area contributed by atoms with E-state index >= 15 is 0 Å². The average Bonchev–Trinajstić information content (AvgIpc) is 3.07. The van der Waals surface area contributed by atoms with E-state index in [-0.39, 0.29) is 29.2 Å². The first kappa shape index (κ1) is 15.4. The van der Waals surface area contributed by atoms with E-state index in [1.165, 1.54) is 18.4 Å². The van der Waals surface area contributed by atoms with Gasteiger partial charge < -0.3 is 14.1 Å². The van der Waals surface area contributed by atoms with Crippen LogP contribution in [0.15, 0.2) is 27.9 Å². The van der Waals surface area contributed by atoms with Gasteiger partial charge in [0.1, 0.15) is 5.60 Å². The van der Waals surface area contributed by atoms with Crippen LogP contribution in [0.25, 0.3) is 0 Å². The SMILES string of the molecule is CC(C)(C)OC(=O)N1C[C@H]2C[C@H]1[C@H]2NS(=O)(=O)c1ccco1. The smallest absolute Gasteiger partial charge is 0.410 e. The number of ether oxygens (including phenoxy) is 1. The lowest BCUT2D eigenvalue weighted by atomic mass is 9.81. The molecular formula is C14H20N2O5S. The molecule has 122 valence electrons. The molecule has 1 saturated carbocycles. The molecule has 8 heteroatoms. The molecular weight excluding hydrogens is 308 g/mol. The molecule has 3 fully saturated rings. The van der Waals surface area contributed by atoms with Crippen LogP contribution in [0.4, 0.5) is 4.79 Å². The molecule has 0 unspecified atom stereocenters. The van der Waals surface area contributed by atoms with Gasteiger partial charge in [-0.1, -0.05) is 0 Å². The Labute approximate surface area is 129 Å². The third-order valence-electron chi connectivity index (χ3n) is 3.98. The number of fused-ring (bicyclic) bond motifs is 1. The molecule has 0 aromatic carbocycles. The van der Waals surface area contributed by atoms with Gasteiger partial charge in [0.05, 0.1) is 12.3 Å². The highest BCUT2D eigenvalue weighted by molar-refractivity contribution is 7.89. The number of furan rings is 1. The number of rotatable bonds is 3. The van der Waals surface area contributed by atoms with Gasteiger partial charge in [-0.3, -0.25) is 0 Å². The van der Waals surface area contributed by atoms with Crippen molar-refractivity contribution in [3.63, 3.8) is 0 Å². The Morgan fingerprint density at radius 3 is 2.77 bits per heavy atom. The van der Waals surface area contributed by atoms with Crippen molar-refractivity contribution in [3.8, 4) is 0 Å². The summed E-state index contributed by atoms with van der Waals surface area (Å²) in [5.74, 6) is 0.127. The monoisotopic (exact) mass is 328 g/mol. The van der Waals surface area contributed by atoms with Crippen LogP contribution < -0.4 is 4.72 Å². The van der Waals surface area contributed by atoms with Gasteiger partial charge >= 0.3 is 6.09 Å². The second kappa shape index (κ2) is 4.99. The predicted molar refractivity (Wildman–Crippen MR) is 77.7 cm³/mol. The molecule has 3 atom stereocenters. The van der Waals surface area contributed by atoms with E-state index in [4.69, 9.17) is 9.15 Å². The largest absolute Gasteiger partial charge is 0.452 e. The van der Waals surface area contributed by atoms with Crippen molar-refractivity contribution in [1.29, 1.82) is 0 Å². The molecule has 7 nitrogen and oxygen atoms in total. The minimum absolute atomic E-state index is 0.109. The zero-order valence-corrected chi connectivity index (χ0v) is 13.6. The van der Waals surface area contributed by atoms with E-state index in [0.717, 1.165) is 6.42 Å². The minimum Gasteiger partial charge on any atom is -0.452 e. The molecule has 1 N–H and O–H groups in total. The molecule has 4 rings (SSSR count). The Morgan fingerprint density at radius 2 is 2.18 bits per heavy atom. The first-order chi connectivity index (χ1) is 10.2. The minimum atomic E-state index is -3.68. The molecule has 3 heterocycles. The van der Waals surface area contributed by atoms with Crippen molar-refractivity contribution >= 4 is 16.1 Å². The summed E-state index contributed by atoms with van der Waals surface area (Å²) in [6.45, 7) is 5.94. The van der Waals surface area contributed by atoms with Crippen LogP contribution in [-0.4, -0.2) is 43.6 Å². The van der Waals surface area contributed by atoms with Gasteiger partial charge in [0.2, 0.25) is 5.09 Å². The van der Waals surface area contributed by atoms with Crippen molar-refractivity contribution < 1.29 is 22.4 Å². The van der Waals surface area contributed by atoms with Crippen LogP contribution in [0.1, 0.15) is 27.2 Å². The summed E-state index contributed by atoms with van der Waals surface area (Å²) in [5.41, 5.74) is -0.562. The standard InChI is InChI=1S/C14H20N2O5S/c1-14(2,3)21-13(17)16-8-9-7-10(16)12(9)15-22(18,19)11-5-4-6-20-11/h4-6,9-10,12,15H,7-8H2,1-3H3/t9-,10+,12+/m1/s1. The molecule has 2 saturated heterocycles. The molecule has 1 aromatic rings. The number of sulfonamides is 1. The second-order valence-corrected chi connectivity index (χ2v) is 8.42. The Morgan fingerprint density at radius 1 is 1.45 bits per heavy atom. The zero-order chi connectivity index (χ0) is 16.1. The number of nitrogens with zero attached hydrogens (tertiary/aromatic N) is 1. The third kappa shape index (κ3) is 2.72. The van der Waals surface area contributed by atoms with E-state index in [2.05, 4.69) is 4.72 Å². The van der Waals surface area contributed by atoms with Crippen LogP contribution in [0.2, 0.25) is 0 Å². The predicted octanol–water partition coefficient (Wildman–Crippen LogP) is 1.57. The van der Waals surface area contributed by atoms with Gasteiger partial charge in [-0.2, -0.15) is 0 Å². The summed E-state index contributed by atoms with van der Waals surface area (Å²) in [7, 11) is -3.68. The maximum absolute atomic E-state index is 12.2. The fourth-order valence-electron chi connectivity index (χ4n) is 2.98. The van der Waals surface area contributed by atoms with Crippen molar-refractivity contribution in [2.75, 3.05) is 6.54 Å². The van der Waals surface area contributed by atoms with Crippen LogP contribution in [-0.2, 0) is 14.8 Å². The number of nitrogens with one attached hydrogen (secondary N) is 1. The van der Waals surface area contributed by atoms with Crippen LogP contribution in [0.3, 0.4) is 0 Å². The van der Waals surface area contributed by atoms with E-state index in [1.54, 1.807) is 4.90 Å². The average molecular weight is 328 g/mol. The van der Waals surface area contributed by atoms with Crippen molar-refractivity contribution in [1.82, 2.24) is 9.62 Å². The first-order valence-electron chi connectivity index (χ1n) is 7.23. The lowest BCUT2D eigenvalue weighted by molar-refractivity contribution is 0.0230. The quantitative estimate of drug-likeness (QED) is 0.909. The number of amides is 1. The first-order valence-corrected chi connectivity index (χ1v) is 8.71. The van der Waals surface area contributed by atoms with E-state index in [0.29, 0.717) is 6.54 Å². The summed E-state index contributed by atoms with van der Waals surface area (Å²) in [4.78, 5) is 13.8. The molecule has 0 radical (unpaired) electrons. The second-order valence-electron chi connectivity index (χ2n) is 6.77. The molecule has 0 spiro atoms. The summed E-state index contributed by atoms with van der Waals surface area (Å²) < 4.78 is 37.3. The summed E-state index contributed by atoms with van der Waals surface area (Å²) in [6.07, 6.45) is 1.72. The highest BCUT2D eigenvalue weighted by Gasteiger charge is 2.56. The van der Waals surface area contributed by atoms with Gasteiger partial charge in [-0.05, 0) is 45.2 Å². The summed E-state index contributed by atoms with van der Waals surface area (Å²) >= 11 is 0. The van der Waals surface area contributed by atoms with E-state index in [1.807, 2.05) is 20.8 Å². The number of hydrogen-bond acceptors (Lipinski definition) is 5. The number of hydrogen-bond donors (Lipinski definition) is 1. The van der Waals surface area contributed by atoms with Crippen LogP contribution in [0, 0.1) is 5.92 Å². The number of carbonyl (C=O) groups excluding carboxylic acids is 1. The van der Waals surface area contributed by atoms with Crippen molar-refractivity contribution in [2.24, 2.45) is 5.92 Å². The Kier molecular flexibility index (Phi) is 3.48. The third-order valence-corrected chi connectivity index (χ3v) is 5.32. The van der Waals surface area contributed by atoms with E-state index in [9.17, 15) is 13.2 Å². The van der Waals surface area contributed by atoms with E-state index < -0.39 is 15.6 Å². The fourth-order valence-corrected chi connectivity index (χ4v) is 4.24. The molecule has 22 heavy (non-hydrogen) atoms. The van der Waals surface area contributed by atoms with Crippen LogP contribution >= 0.6 is 0 Å². The molecule has 1 aliphatic carbocycles. The van der Waals surface area contributed by atoms with Crippen molar-refractivity contribution in [2.45, 2.75) is 50.0 Å². The summed E-state index contributed by atoms with van der Waals surface area (Å²) in [5, 5.41) is -0.109. The van der Waals surface area contributed by atoms with Crippen molar-refractivity contribution in [3.05, 3.63) is 18.4 Å². The lowest BCUT2D eigenvalue weighted by Gasteiger charge is -2.36. The number of carbonyl (C=O) groups is 1. The van der Waals surface area contributed by atoms with Gasteiger partial charge in [0, 0.05) is 12.6 Å². The maximum atomic E-state index is 12.2. The normalized spacial score (nSPS) is 27.6. The van der Waals surface area contributed by atoms with Gasteiger partial charge in [-0.15, -0.1) is 0 Å². The highest BCUT2D eigenvalue weighted by atomic mass is 32.2. The fraction of sp³-hybridized carbons (Fsp3) is 0.643. The Balaban J connectivity index is 1.67. The Bertz CT molecular complexity index is 662.